The fourth-order valence-corrected chi connectivity index (χ4v) is 4.31. The van der Waals surface area contributed by atoms with Crippen molar-refractivity contribution in [2.24, 2.45) is 0 Å². The third-order valence-corrected chi connectivity index (χ3v) is 5.93. The summed E-state index contributed by atoms with van der Waals surface area (Å²) in [5, 5.41) is 20.1. The molecule has 30 heavy (non-hydrogen) atoms. The van der Waals surface area contributed by atoms with Crippen molar-refractivity contribution in [1.82, 2.24) is 24.9 Å². The lowest BCUT2D eigenvalue weighted by molar-refractivity contribution is 0.0366. The molecule has 0 radical (unpaired) electrons. The molecule has 4 rings (SSSR count). The molecular weight excluding hydrogens is 404 g/mol. The summed E-state index contributed by atoms with van der Waals surface area (Å²) in [5.74, 6) is 0.483. The van der Waals surface area contributed by atoms with Gasteiger partial charge in [0.2, 0.25) is 0 Å². The van der Waals surface area contributed by atoms with Crippen molar-refractivity contribution in [2.75, 3.05) is 13.7 Å². The lowest BCUT2D eigenvalue weighted by atomic mass is 10.0. The Kier molecular flexibility index (Phi) is 5.63. The Morgan fingerprint density at radius 3 is 2.80 bits per heavy atom. The number of rotatable bonds is 5. The summed E-state index contributed by atoms with van der Waals surface area (Å²) in [6.45, 7) is 2.44. The highest BCUT2D eigenvalue weighted by molar-refractivity contribution is 7.12. The molecule has 3 aromatic heterocycles. The number of carbonyl (C=O) groups excluding carboxylic acids is 1. The van der Waals surface area contributed by atoms with E-state index >= 15 is 0 Å². The van der Waals surface area contributed by atoms with Crippen LogP contribution in [0.2, 0.25) is 0 Å². The van der Waals surface area contributed by atoms with Gasteiger partial charge in [-0.25, -0.2) is 4.98 Å². The highest BCUT2D eigenvalue weighted by atomic mass is 32.1. The fraction of sp³-hybridized carbons (Fsp3) is 0.350. The lowest BCUT2D eigenvalue weighted by Crippen LogP contribution is -2.49. The molecule has 0 N–H and O–H groups in total. The van der Waals surface area contributed by atoms with Gasteiger partial charge in [0.25, 0.3) is 11.8 Å². The highest BCUT2D eigenvalue weighted by Crippen LogP contribution is 2.32. The second-order valence-corrected chi connectivity index (χ2v) is 7.78. The van der Waals surface area contributed by atoms with Crippen molar-refractivity contribution in [1.29, 1.82) is 5.26 Å². The molecule has 9 nitrogen and oxygen atoms in total. The Bertz CT molecular complexity index is 1070. The number of carbonyl (C=O) groups is 1. The SMILES string of the molecule is COc1c(C#N)ccnc1O[C@@H]1CC[C@@H](C)N(C(=O)c2ccsc2-n2nccn2)C1. The molecule has 0 bridgehead atoms. The van der Waals surface area contributed by atoms with Gasteiger partial charge in [-0.05, 0) is 37.3 Å². The van der Waals surface area contributed by atoms with E-state index in [0.717, 1.165) is 12.8 Å². The number of thiophene rings is 1. The number of hydrogen-bond donors (Lipinski definition) is 0. The third kappa shape index (κ3) is 3.71. The van der Waals surface area contributed by atoms with Crippen LogP contribution in [0, 0.1) is 11.3 Å². The molecule has 154 valence electrons. The number of piperidine rings is 1. The molecule has 0 aliphatic carbocycles. The van der Waals surface area contributed by atoms with E-state index < -0.39 is 0 Å². The molecule has 0 unspecified atom stereocenters. The van der Waals surface area contributed by atoms with Crippen molar-refractivity contribution in [2.45, 2.75) is 31.9 Å². The summed E-state index contributed by atoms with van der Waals surface area (Å²) in [7, 11) is 1.48. The monoisotopic (exact) mass is 424 g/mol. The summed E-state index contributed by atoms with van der Waals surface area (Å²) in [6, 6.07) is 5.51. The van der Waals surface area contributed by atoms with E-state index in [0.29, 0.717) is 28.4 Å². The summed E-state index contributed by atoms with van der Waals surface area (Å²) in [6.07, 6.45) is 5.97. The van der Waals surface area contributed by atoms with Crippen molar-refractivity contribution < 1.29 is 14.3 Å². The molecule has 1 amide bonds. The number of nitrogens with zero attached hydrogens (tertiary/aromatic N) is 6. The zero-order valence-electron chi connectivity index (χ0n) is 16.6. The first-order valence-electron chi connectivity index (χ1n) is 9.47. The number of amides is 1. The average molecular weight is 424 g/mol. The predicted molar refractivity (Wildman–Crippen MR) is 109 cm³/mol. The van der Waals surface area contributed by atoms with Crippen LogP contribution in [0.4, 0.5) is 0 Å². The van der Waals surface area contributed by atoms with Crippen molar-refractivity contribution >= 4 is 17.2 Å². The maximum atomic E-state index is 13.3. The highest BCUT2D eigenvalue weighted by Gasteiger charge is 2.33. The number of pyridine rings is 1. The quantitative estimate of drug-likeness (QED) is 0.620. The van der Waals surface area contributed by atoms with Crippen LogP contribution in [-0.4, -0.2) is 56.6 Å². The Hall–Kier alpha value is -3.45. The van der Waals surface area contributed by atoms with Gasteiger partial charge in [-0.15, -0.1) is 16.1 Å². The Labute approximate surface area is 177 Å². The number of hydrogen-bond acceptors (Lipinski definition) is 8. The molecule has 0 spiro atoms. The van der Waals surface area contributed by atoms with Gasteiger partial charge in [-0.2, -0.15) is 15.5 Å². The molecule has 0 saturated carbocycles. The first kappa shape index (κ1) is 19.8. The van der Waals surface area contributed by atoms with Gasteiger partial charge in [0.05, 0.1) is 31.6 Å². The van der Waals surface area contributed by atoms with Crippen molar-refractivity contribution in [3.05, 3.63) is 47.2 Å². The molecular formula is C20H20N6O3S. The van der Waals surface area contributed by atoms with Gasteiger partial charge in [-0.3, -0.25) is 4.79 Å². The average Bonchev–Trinajstić information content (AvgIpc) is 3.46. The summed E-state index contributed by atoms with van der Waals surface area (Å²) >= 11 is 1.42. The van der Waals surface area contributed by atoms with Crippen LogP contribution in [0.1, 0.15) is 35.7 Å². The van der Waals surface area contributed by atoms with Gasteiger partial charge in [0.15, 0.2) is 10.8 Å². The molecule has 1 aliphatic heterocycles. The van der Waals surface area contributed by atoms with E-state index in [9.17, 15) is 10.1 Å². The molecule has 1 fully saturated rings. The van der Waals surface area contributed by atoms with Crippen LogP contribution < -0.4 is 9.47 Å². The van der Waals surface area contributed by atoms with Crippen LogP contribution >= 0.6 is 11.3 Å². The van der Waals surface area contributed by atoms with Crippen LogP contribution in [0.5, 0.6) is 11.6 Å². The summed E-state index contributed by atoms with van der Waals surface area (Å²) in [4.78, 5) is 20.8. The zero-order valence-corrected chi connectivity index (χ0v) is 17.4. The van der Waals surface area contributed by atoms with Crippen molar-refractivity contribution in [3.8, 4) is 22.7 Å². The molecule has 1 saturated heterocycles. The molecule has 0 aromatic carbocycles. The number of methoxy groups -OCH3 is 1. The third-order valence-electron chi connectivity index (χ3n) is 5.05. The predicted octanol–water partition coefficient (Wildman–Crippen LogP) is 2.68. The van der Waals surface area contributed by atoms with Crippen LogP contribution in [0.3, 0.4) is 0 Å². The molecule has 3 aromatic rings. The van der Waals surface area contributed by atoms with Crippen molar-refractivity contribution in [3.63, 3.8) is 0 Å². The molecule has 10 heteroatoms. The normalized spacial score (nSPS) is 18.6. The minimum atomic E-state index is -0.259. The Morgan fingerprint density at radius 2 is 2.07 bits per heavy atom. The Morgan fingerprint density at radius 1 is 1.27 bits per heavy atom. The summed E-state index contributed by atoms with van der Waals surface area (Å²) < 4.78 is 11.4. The topological polar surface area (TPSA) is 106 Å². The zero-order chi connectivity index (χ0) is 21.1. The minimum Gasteiger partial charge on any atom is -0.490 e. The summed E-state index contributed by atoms with van der Waals surface area (Å²) in [5.41, 5.74) is 0.917. The first-order valence-corrected chi connectivity index (χ1v) is 10.3. The van der Waals surface area contributed by atoms with E-state index in [-0.39, 0.29) is 23.9 Å². The fourth-order valence-electron chi connectivity index (χ4n) is 3.50. The number of nitriles is 1. The van der Waals surface area contributed by atoms with Crippen LogP contribution in [-0.2, 0) is 0 Å². The van der Waals surface area contributed by atoms with Gasteiger partial charge in [0.1, 0.15) is 17.7 Å². The van der Waals surface area contributed by atoms with Gasteiger partial charge < -0.3 is 14.4 Å². The molecule has 1 aliphatic rings. The van der Waals surface area contributed by atoms with E-state index in [1.54, 1.807) is 24.5 Å². The minimum absolute atomic E-state index is 0.0657. The van der Waals surface area contributed by atoms with Crippen LogP contribution in [0.25, 0.3) is 5.00 Å². The smallest absolute Gasteiger partial charge is 0.258 e. The molecule has 2 atom stereocenters. The number of aromatic nitrogens is 4. The van der Waals surface area contributed by atoms with E-state index in [1.807, 2.05) is 17.2 Å². The Balaban J connectivity index is 1.55. The number of likely N-dealkylation sites (tertiary alicyclic amines) is 1. The molecule has 4 heterocycles. The second kappa shape index (κ2) is 8.51. The first-order chi connectivity index (χ1) is 14.6. The second-order valence-electron chi connectivity index (χ2n) is 6.89. The van der Waals surface area contributed by atoms with Gasteiger partial charge in [0, 0.05) is 12.2 Å². The van der Waals surface area contributed by atoms with E-state index in [1.165, 1.54) is 29.4 Å². The number of ether oxygens (including phenoxy) is 2. The van der Waals surface area contributed by atoms with E-state index in [2.05, 4.69) is 21.3 Å². The maximum absolute atomic E-state index is 13.3. The largest absolute Gasteiger partial charge is 0.490 e. The standard InChI is InChI=1S/C20H20N6O3S/c1-13-3-4-15(29-18-17(28-2)14(11-21)5-7-22-18)12-25(13)19(27)16-6-10-30-20(16)26-23-8-9-24-26/h5-10,13,15H,3-4,12H2,1-2H3/t13-,15-/m1/s1. The maximum Gasteiger partial charge on any atom is 0.258 e. The van der Waals surface area contributed by atoms with Gasteiger partial charge in [-0.1, -0.05) is 0 Å². The van der Waals surface area contributed by atoms with E-state index in [4.69, 9.17) is 9.47 Å². The lowest BCUT2D eigenvalue weighted by Gasteiger charge is -2.37. The van der Waals surface area contributed by atoms with Crippen LogP contribution in [0.15, 0.2) is 36.1 Å². The van der Waals surface area contributed by atoms with Gasteiger partial charge >= 0.3 is 0 Å².